The first-order valence-electron chi connectivity index (χ1n) is 6.38. The minimum absolute atomic E-state index is 0.0867. The van der Waals surface area contributed by atoms with E-state index in [9.17, 15) is 4.79 Å². The van der Waals surface area contributed by atoms with E-state index in [0.717, 1.165) is 0 Å². The summed E-state index contributed by atoms with van der Waals surface area (Å²) in [5.74, 6) is 2.42. The van der Waals surface area contributed by atoms with Crippen molar-refractivity contribution in [2.24, 2.45) is 0 Å². The van der Waals surface area contributed by atoms with Gasteiger partial charge in [-0.05, 0) is 34.1 Å². The minimum atomic E-state index is -0.527. The number of carbonyl (C=O) groups excluding carboxylic acids is 1. The highest BCUT2D eigenvalue weighted by Gasteiger charge is 2.12. The van der Waals surface area contributed by atoms with Gasteiger partial charge in [-0.1, -0.05) is 5.92 Å². The minimum Gasteiger partial charge on any atom is -0.465 e. The first-order chi connectivity index (χ1) is 11.0. The quantitative estimate of drug-likeness (QED) is 0.469. The van der Waals surface area contributed by atoms with E-state index in [1.807, 2.05) is 0 Å². The Balaban J connectivity index is 2.25. The fourth-order valence-electron chi connectivity index (χ4n) is 1.67. The highest BCUT2D eigenvalue weighted by atomic mass is 79.9. The van der Waals surface area contributed by atoms with Crippen LogP contribution in [0.1, 0.15) is 10.4 Å². The molecular formula is C15H13BrN4O3. The van der Waals surface area contributed by atoms with Gasteiger partial charge in [-0.25, -0.2) is 9.78 Å². The molecule has 0 saturated carbocycles. The molecule has 118 valence electrons. The van der Waals surface area contributed by atoms with E-state index >= 15 is 0 Å². The smallest absolute Gasteiger partial charge is 0.340 e. The Morgan fingerprint density at radius 3 is 3.00 bits per heavy atom. The molecule has 0 spiro atoms. The zero-order valence-corrected chi connectivity index (χ0v) is 13.8. The van der Waals surface area contributed by atoms with E-state index in [0.29, 0.717) is 21.7 Å². The molecule has 2 aromatic rings. The molecule has 0 aliphatic heterocycles. The molecule has 0 amide bonds. The van der Waals surface area contributed by atoms with Gasteiger partial charge in [0.2, 0.25) is 11.8 Å². The highest BCUT2D eigenvalue weighted by molar-refractivity contribution is 9.10. The number of methoxy groups -OCH3 is 1. The lowest BCUT2D eigenvalue weighted by Crippen LogP contribution is -2.07. The molecule has 3 N–H and O–H groups in total. The molecule has 0 fully saturated rings. The Labute approximate surface area is 141 Å². The number of benzene rings is 1. The summed E-state index contributed by atoms with van der Waals surface area (Å²) in [6.07, 6.45) is 6.68. The zero-order valence-electron chi connectivity index (χ0n) is 12.2. The van der Waals surface area contributed by atoms with Crippen LogP contribution in [0.5, 0.6) is 5.88 Å². The van der Waals surface area contributed by atoms with E-state index in [4.69, 9.17) is 16.9 Å². The average Bonchev–Trinajstić information content (AvgIpc) is 2.56. The zero-order chi connectivity index (χ0) is 16.8. The first kappa shape index (κ1) is 16.6. The number of hydrogen-bond acceptors (Lipinski definition) is 7. The van der Waals surface area contributed by atoms with Gasteiger partial charge >= 0.3 is 5.97 Å². The number of ether oxygens (including phenoxy) is 2. The second kappa shape index (κ2) is 7.47. The van der Waals surface area contributed by atoms with Gasteiger partial charge in [0.25, 0.3) is 0 Å². The van der Waals surface area contributed by atoms with Gasteiger partial charge in [-0.3, -0.25) is 0 Å². The molecule has 0 saturated heterocycles. The average molecular weight is 377 g/mol. The number of aromatic nitrogens is 2. The maximum atomic E-state index is 11.6. The summed E-state index contributed by atoms with van der Waals surface area (Å²) in [4.78, 5) is 19.9. The second-order valence-corrected chi connectivity index (χ2v) is 5.11. The SMILES string of the molecule is C#CCOc1nc(Nc2ccc(N)c(C(=O)OC)c2)ncc1Br. The lowest BCUT2D eigenvalue weighted by Gasteiger charge is -2.10. The van der Waals surface area contributed by atoms with E-state index < -0.39 is 5.97 Å². The molecule has 0 aliphatic carbocycles. The topological polar surface area (TPSA) is 99.4 Å². The third kappa shape index (κ3) is 4.11. The normalized spacial score (nSPS) is 9.78. The van der Waals surface area contributed by atoms with E-state index in [-0.39, 0.29) is 18.1 Å². The number of carbonyl (C=O) groups is 1. The monoisotopic (exact) mass is 376 g/mol. The highest BCUT2D eigenvalue weighted by Crippen LogP contribution is 2.25. The van der Waals surface area contributed by atoms with Crippen molar-refractivity contribution in [3.8, 4) is 18.2 Å². The van der Waals surface area contributed by atoms with E-state index in [2.05, 4.69) is 41.9 Å². The van der Waals surface area contributed by atoms with Crippen molar-refractivity contribution in [3.05, 3.63) is 34.4 Å². The van der Waals surface area contributed by atoms with Crippen molar-refractivity contribution in [1.82, 2.24) is 9.97 Å². The summed E-state index contributed by atoms with van der Waals surface area (Å²) >= 11 is 3.27. The van der Waals surface area contributed by atoms with E-state index in [1.54, 1.807) is 18.2 Å². The molecule has 7 nitrogen and oxygen atoms in total. The molecule has 1 heterocycles. The largest absolute Gasteiger partial charge is 0.465 e. The van der Waals surface area contributed by atoms with Crippen LogP contribution in [0.4, 0.5) is 17.3 Å². The molecule has 0 radical (unpaired) electrons. The van der Waals surface area contributed by atoms with Crippen LogP contribution < -0.4 is 15.8 Å². The number of esters is 1. The van der Waals surface area contributed by atoms with Crippen molar-refractivity contribution in [3.63, 3.8) is 0 Å². The Morgan fingerprint density at radius 2 is 2.30 bits per heavy atom. The number of terminal acetylenes is 1. The number of hydrogen-bond donors (Lipinski definition) is 2. The molecule has 0 aliphatic rings. The number of nitrogen functional groups attached to an aromatic ring is 1. The van der Waals surface area contributed by atoms with Crippen molar-refractivity contribution >= 4 is 39.2 Å². The summed E-state index contributed by atoms with van der Waals surface area (Å²) in [6.45, 7) is 0.0867. The van der Waals surface area contributed by atoms with E-state index in [1.165, 1.54) is 13.3 Å². The Hall–Kier alpha value is -2.79. The number of rotatable bonds is 5. The first-order valence-corrected chi connectivity index (χ1v) is 7.18. The molecule has 0 unspecified atom stereocenters. The van der Waals surface area contributed by atoms with Gasteiger partial charge in [-0.15, -0.1) is 6.42 Å². The molecule has 2 rings (SSSR count). The predicted molar refractivity (Wildman–Crippen MR) is 89.5 cm³/mol. The van der Waals surface area contributed by atoms with Gasteiger partial charge in [-0.2, -0.15) is 4.98 Å². The number of anilines is 3. The van der Waals surface area contributed by atoms with Gasteiger partial charge in [0.1, 0.15) is 0 Å². The van der Waals surface area contributed by atoms with Crippen molar-refractivity contribution in [2.75, 3.05) is 24.8 Å². The molecule has 1 aromatic heterocycles. The standard InChI is InChI=1S/C15H13BrN4O3/c1-3-6-23-13-11(16)8-18-15(20-13)19-9-4-5-12(17)10(7-9)14(21)22-2/h1,4-5,7-8H,6,17H2,2H3,(H,18,19,20). The van der Waals surface area contributed by atoms with Crippen LogP contribution in [0.2, 0.25) is 0 Å². The summed E-state index contributed by atoms with van der Waals surface area (Å²) in [7, 11) is 1.29. The second-order valence-electron chi connectivity index (χ2n) is 4.26. The lowest BCUT2D eigenvalue weighted by molar-refractivity contribution is 0.0602. The molecule has 23 heavy (non-hydrogen) atoms. The van der Waals surface area contributed by atoms with Crippen molar-refractivity contribution < 1.29 is 14.3 Å². The number of nitrogens with two attached hydrogens (primary N) is 1. The third-order valence-electron chi connectivity index (χ3n) is 2.72. The fraction of sp³-hybridized carbons (Fsp3) is 0.133. The molecule has 0 bridgehead atoms. The molecule has 0 atom stereocenters. The number of nitrogens with zero attached hydrogens (tertiary/aromatic N) is 2. The molecule has 1 aromatic carbocycles. The summed E-state index contributed by atoms with van der Waals surface area (Å²) < 4.78 is 10.5. The number of halogens is 1. The Morgan fingerprint density at radius 1 is 1.52 bits per heavy atom. The Bertz CT molecular complexity index is 774. The van der Waals surface area contributed by atoms with Gasteiger partial charge in [0.15, 0.2) is 6.61 Å². The van der Waals surface area contributed by atoms with Crippen molar-refractivity contribution in [2.45, 2.75) is 0 Å². The summed E-state index contributed by atoms with van der Waals surface area (Å²) in [5.41, 5.74) is 6.89. The van der Waals surface area contributed by atoms with Crippen LogP contribution in [0.3, 0.4) is 0 Å². The maximum absolute atomic E-state index is 11.6. The number of nitrogens with one attached hydrogen (secondary N) is 1. The Kier molecular flexibility index (Phi) is 5.38. The lowest BCUT2D eigenvalue weighted by atomic mass is 10.1. The third-order valence-corrected chi connectivity index (χ3v) is 3.26. The maximum Gasteiger partial charge on any atom is 0.340 e. The fourth-order valence-corrected chi connectivity index (χ4v) is 1.98. The van der Waals surface area contributed by atoms with Gasteiger partial charge < -0.3 is 20.5 Å². The molecular weight excluding hydrogens is 364 g/mol. The van der Waals surface area contributed by atoms with Crippen LogP contribution in [-0.4, -0.2) is 29.7 Å². The van der Waals surface area contributed by atoms with Crippen LogP contribution in [0.25, 0.3) is 0 Å². The summed E-state index contributed by atoms with van der Waals surface area (Å²) in [5, 5.41) is 2.96. The van der Waals surface area contributed by atoms with Crippen LogP contribution in [0, 0.1) is 12.3 Å². The van der Waals surface area contributed by atoms with Crippen LogP contribution >= 0.6 is 15.9 Å². The van der Waals surface area contributed by atoms with Crippen LogP contribution in [0.15, 0.2) is 28.9 Å². The predicted octanol–water partition coefficient (Wildman–Crippen LogP) is 2.36. The summed E-state index contributed by atoms with van der Waals surface area (Å²) in [6, 6.07) is 4.83. The van der Waals surface area contributed by atoms with Crippen molar-refractivity contribution in [1.29, 1.82) is 0 Å². The van der Waals surface area contributed by atoms with Gasteiger partial charge in [0, 0.05) is 11.4 Å². The molecule has 8 heteroatoms. The van der Waals surface area contributed by atoms with Gasteiger partial charge in [0.05, 0.1) is 23.3 Å². The van der Waals surface area contributed by atoms with Crippen LogP contribution in [-0.2, 0) is 4.74 Å².